The van der Waals surface area contributed by atoms with E-state index in [-0.39, 0.29) is 17.3 Å². The minimum atomic E-state index is -0.489. The number of rotatable bonds is 6. The summed E-state index contributed by atoms with van der Waals surface area (Å²) in [6.45, 7) is 0. The van der Waals surface area contributed by atoms with E-state index in [1.165, 1.54) is 6.07 Å². The van der Waals surface area contributed by atoms with Crippen LogP contribution in [-0.4, -0.2) is 17.3 Å². The van der Waals surface area contributed by atoms with Crippen molar-refractivity contribution < 1.29 is 13.5 Å². The van der Waals surface area contributed by atoms with Gasteiger partial charge in [0.25, 0.3) is 5.89 Å². The van der Waals surface area contributed by atoms with Crippen LogP contribution in [0.5, 0.6) is 5.75 Å². The molecule has 0 aliphatic heterocycles. The van der Waals surface area contributed by atoms with Crippen LogP contribution in [-0.2, 0) is 0 Å². The molecule has 0 aliphatic carbocycles. The van der Waals surface area contributed by atoms with Crippen molar-refractivity contribution in [3.05, 3.63) is 95.1 Å². The highest BCUT2D eigenvalue weighted by Gasteiger charge is 2.23. The smallest absolute Gasteiger partial charge is 0.250 e. The summed E-state index contributed by atoms with van der Waals surface area (Å²) in [4.78, 5) is 0. The van der Waals surface area contributed by atoms with Crippen LogP contribution in [0.1, 0.15) is 17.5 Å². The summed E-state index contributed by atoms with van der Waals surface area (Å²) >= 11 is 6.16. The largest absolute Gasteiger partial charge is 0.495 e. The van der Waals surface area contributed by atoms with Gasteiger partial charge in [0.15, 0.2) is 0 Å². The van der Waals surface area contributed by atoms with E-state index in [0.717, 1.165) is 5.56 Å². The summed E-state index contributed by atoms with van der Waals surface area (Å²) in [6.07, 6.45) is 0. The van der Waals surface area contributed by atoms with E-state index in [4.69, 9.17) is 20.8 Å². The maximum Gasteiger partial charge on any atom is 0.250 e. The number of halogens is 2. The Balaban J connectivity index is 1.75. The van der Waals surface area contributed by atoms with E-state index < -0.39 is 11.9 Å². The lowest BCUT2D eigenvalue weighted by atomic mass is 10.1. The van der Waals surface area contributed by atoms with Gasteiger partial charge in [-0.25, -0.2) is 4.39 Å². The number of anilines is 1. The molecule has 0 fully saturated rings. The molecule has 0 aliphatic rings. The molecule has 146 valence electrons. The van der Waals surface area contributed by atoms with Crippen LogP contribution in [0.3, 0.4) is 0 Å². The molecule has 1 N–H and O–H groups in total. The minimum Gasteiger partial charge on any atom is -0.495 e. The highest BCUT2D eigenvalue weighted by atomic mass is 35.5. The number of nitrogens with one attached hydrogen (secondary N) is 1. The Morgan fingerprint density at radius 3 is 2.52 bits per heavy atom. The fourth-order valence-corrected chi connectivity index (χ4v) is 3.15. The molecule has 4 rings (SSSR count). The predicted molar refractivity (Wildman–Crippen MR) is 110 cm³/mol. The first-order chi connectivity index (χ1) is 14.2. The minimum absolute atomic E-state index is 0.110. The molecular weight excluding hydrogens is 393 g/mol. The number of ether oxygens (including phenoxy) is 1. The van der Waals surface area contributed by atoms with Gasteiger partial charge in [-0.05, 0) is 35.9 Å². The van der Waals surface area contributed by atoms with Gasteiger partial charge in [0.2, 0.25) is 5.89 Å². The van der Waals surface area contributed by atoms with Gasteiger partial charge in [0.05, 0.1) is 18.4 Å². The Bertz CT molecular complexity index is 1120. The van der Waals surface area contributed by atoms with Crippen molar-refractivity contribution in [3.8, 4) is 17.2 Å². The Hall–Kier alpha value is -3.38. The first-order valence-electron chi connectivity index (χ1n) is 8.89. The SMILES string of the molecule is COc1ccc(Cl)cc1N[C@H](c1ccccc1)c1nnc(-c2ccccc2F)o1. The highest BCUT2D eigenvalue weighted by molar-refractivity contribution is 6.30. The summed E-state index contributed by atoms with van der Waals surface area (Å²) < 4.78 is 25.4. The van der Waals surface area contributed by atoms with E-state index >= 15 is 0 Å². The zero-order valence-electron chi connectivity index (χ0n) is 15.5. The lowest BCUT2D eigenvalue weighted by Crippen LogP contribution is -2.13. The van der Waals surface area contributed by atoms with Crippen LogP contribution >= 0.6 is 11.6 Å². The molecule has 1 atom stereocenters. The van der Waals surface area contributed by atoms with E-state index in [0.29, 0.717) is 16.5 Å². The van der Waals surface area contributed by atoms with Crippen LogP contribution in [0.4, 0.5) is 10.1 Å². The molecule has 0 radical (unpaired) electrons. The van der Waals surface area contributed by atoms with Crippen molar-refractivity contribution in [2.45, 2.75) is 6.04 Å². The van der Waals surface area contributed by atoms with Gasteiger partial charge in [-0.2, -0.15) is 0 Å². The van der Waals surface area contributed by atoms with Gasteiger partial charge in [0.1, 0.15) is 17.6 Å². The number of hydrogen-bond donors (Lipinski definition) is 1. The second-order valence-corrected chi connectivity index (χ2v) is 6.69. The zero-order valence-corrected chi connectivity index (χ0v) is 16.2. The molecule has 0 spiro atoms. The molecule has 0 unspecified atom stereocenters. The van der Waals surface area contributed by atoms with Gasteiger partial charge >= 0.3 is 0 Å². The summed E-state index contributed by atoms with van der Waals surface area (Å²) in [5, 5.41) is 12.1. The number of methoxy groups -OCH3 is 1. The van der Waals surface area contributed by atoms with Crippen LogP contribution in [0.2, 0.25) is 5.02 Å². The summed E-state index contributed by atoms with van der Waals surface area (Å²) in [6, 6.07) is 20.6. The maximum atomic E-state index is 14.1. The van der Waals surface area contributed by atoms with E-state index in [1.54, 1.807) is 43.5 Å². The summed E-state index contributed by atoms with van der Waals surface area (Å²) in [7, 11) is 1.58. The topological polar surface area (TPSA) is 60.2 Å². The lowest BCUT2D eigenvalue weighted by molar-refractivity contribution is 0.415. The van der Waals surface area contributed by atoms with Crippen molar-refractivity contribution in [1.29, 1.82) is 0 Å². The highest BCUT2D eigenvalue weighted by Crippen LogP contribution is 2.34. The third-order valence-electron chi connectivity index (χ3n) is 4.39. The van der Waals surface area contributed by atoms with Gasteiger partial charge in [-0.15, -0.1) is 10.2 Å². The Labute approximate surface area is 172 Å². The molecule has 5 nitrogen and oxygen atoms in total. The summed E-state index contributed by atoms with van der Waals surface area (Å²) in [5.41, 5.74) is 1.80. The first kappa shape index (κ1) is 19.0. The number of hydrogen-bond acceptors (Lipinski definition) is 5. The third kappa shape index (κ3) is 4.07. The molecule has 0 saturated carbocycles. The lowest BCUT2D eigenvalue weighted by Gasteiger charge is -2.19. The molecule has 0 amide bonds. The number of nitrogens with zero attached hydrogens (tertiary/aromatic N) is 2. The van der Waals surface area contributed by atoms with Crippen LogP contribution < -0.4 is 10.1 Å². The maximum absolute atomic E-state index is 14.1. The van der Waals surface area contributed by atoms with Crippen molar-refractivity contribution in [2.24, 2.45) is 0 Å². The van der Waals surface area contributed by atoms with Crippen molar-refractivity contribution in [3.63, 3.8) is 0 Å². The molecule has 29 heavy (non-hydrogen) atoms. The average Bonchev–Trinajstić information content (AvgIpc) is 3.23. The van der Waals surface area contributed by atoms with Gasteiger partial charge in [0, 0.05) is 5.02 Å². The molecule has 0 saturated heterocycles. The number of aromatic nitrogens is 2. The molecular formula is C22H17ClFN3O2. The van der Waals surface area contributed by atoms with Crippen LogP contribution in [0.15, 0.2) is 77.2 Å². The Kier molecular flexibility index (Phi) is 5.44. The second kappa shape index (κ2) is 8.32. The standard InChI is InChI=1S/C22H17ClFN3O2/c1-28-19-12-11-15(23)13-18(19)25-20(14-7-3-2-4-8-14)22-27-26-21(29-22)16-9-5-6-10-17(16)24/h2-13,20,25H,1H3/t20-/m1/s1. The fraction of sp³-hybridized carbons (Fsp3) is 0.0909. The zero-order chi connectivity index (χ0) is 20.2. The number of benzene rings is 3. The first-order valence-corrected chi connectivity index (χ1v) is 9.27. The van der Waals surface area contributed by atoms with Crippen LogP contribution in [0, 0.1) is 5.82 Å². The summed E-state index contributed by atoms with van der Waals surface area (Å²) in [5.74, 6) is 0.586. The molecule has 1 aromatic heterocycles. The molecule has 0 bridgehead atoms. The van der Waals surface area contributed by atoms with Gasteiger partial charge in [-0.1, -0.05) is 54.1 Å². The van der Waals surface area contributed by atoms with E-state index in [1.807, 2.05) is 30.3 Å². The van der Waals surface area contributed by atoms with Crippen LogP contribution in [0.25, 0.3) is 11.5 Å². The molecule has 3 aromatic carbocycles. The van der Waals surface area contributed by atoms with Crippen molar-refractivity contribution >= 4 is 17.3 Å². The Morgan fingerprint density at radius 1 is 1.00 bits per heavy atom. The molecule has 7 heteroatoms. The Morgan fingerprint density at radius 2 is 1.76 bits per heavy atom. The van der Waals surface area contributed by atoms with Crippen molar-refractivity contribution in [2.75, 3.05) is 12.4 Å². The monoisotopic (exact) mass is 409 g/mol. The average molecular weight is 410 g/mol. The van der Waals surface area contributed by atoms with Gasteiger partial charge < -0.3 is 14.5 Å². The van der Waals surface area contributed by atoms with Crippen molar-refractivity contribution in [1.82, 2.24) is 10.2 Å². The second-order valence-electron chi connectivity index (χ2n) is 6.26. The van der Waals surface area contributed by atoms with E-state index in [2.05, 4.69) is 15.5 Å². The van der Waals surface area contributed by atoms with Gasteiger partial charge in [-0.3, -0.25) is 0 Å². The quantitative estimate of drug-likeness (QED) is 0.440. The molecule has 1 heterocycles. The fourth-order valence-electron chi connectivity index (χ4n) is 2.98. The normalized spacial score (nSPS) is 11.8. The van der Waals surface area contributed by atoms with E-state index in [9.17, 15) is 4.39 Å². The third-order valence-corrected chi connectivity index (χ3v) is 4.62. The predicted octanol–water partition coefficient (Wildman–Crippen LogP) is 5.74. The molecule has 4 aromatic rings.